The Hall–Kier alpha value is -1.88. The maximum Gasteiger partial charge on any atom is 0.313 e. The van der Waals surface area contributed by atoms with Gasteiger partial charge in [0.2, 0.25) is 0 Å². The molecular weight excluding hydrogens is 304 g/mol. The molecule has 0 saturated heterocycles. The van der Waals surface area contributed by atoms with E-state index in [1.165, 1.54) is 6.42 Å². The van der Waals surface area contributed by atoms with E-state index < -0.39 is 17.9 Å². The van der Waals surface area contributed by atoms with Gasteiger partial charge >= 0.3 is 11.8 Å². The van der Waals surface area contributed by atoms with Crippen LogP contribution in [-0.2, 0) is 9.59 Å². The summed E-state index contributed by atoms with van der Waals surface area (Å²) in [6.07, 6.45) is 4.87. The fourth-order valence-electron chi connectivity index (χ4n) is 3.51. The van der Waals surface area contributed by atoms with Crippen molar-refractivity contribution in [2.75, 3.05) is 11.9 Å². The first-order valence-corrected chi connectivity index (χ1v) is 8.73. The van der Waals surface area contributed by atoms with Crippen LogP contribution in [0.4, 0.5) is 5.69 Å². The van der Waals surface area contributed by atoms with Crippen molar-refractivity contribution in [1.82, 2.24) is 5.32 Å². The quantitative estimate of drug-likeness (QED) is 0.742. The summed E-state index contributed by atoms with van der Waals surface area (Å²) in [5, 5.41) is 15.4. The minimum absolute atomic E-state index is 0.128. The summed E-state index contributed by atoms with van der Waals surface area (Å²) in [5.41, 5.74) is 3.64. The Bertz CT molecular complexity index is 584. The van der Waals surface area contributed by atoms with E-state index in [0.717, 1.165) is 42.4 Å². The lowest BCUT2D eigenvalue weighted by atomic mass is 9.85. The second-order valence-corrected chi connectivity index (χ2v) is 6.90. The van der Waals surface area contributed by atoms with Crippen molar-refractivity contribution in [3.05, 3.63) is 28.8 Å². The molecule has 1 saturated carbocycles. The number of aliphatic hydroxyl groups is 1. The van der Waals surface area contributed by atoms with E-state index in [9.17, 15) is 14.7 Å². The summed E-state index contributed by atoms with van der Waals surface area (Å²) >= 11 is 0. The Balaban J connectivity index is 1.87. The lowest BCUT2D eigenvalue weighted by molar-refractivity contribution is -0.136. The van der Waals surface area contributed by atoms with Gasteiger partial charge in [-0.05, 0) is 50.7 Å². The summed E-state index contributed by atoms with van der Waals surface area (Å²) in [6, 6.07) is 3.93. The van der Waals surface area contributed by atoms with Gasteiger partial charge in [-0.2, -0.15) is 0 Å². The third-order valence-corrected chi connectivity index (χ3v) is 4.79. The Kier molecular flexibility index (Phi) is 6.37. The SMILES string of the molecule is Cc1cc(C)c(NC(=O)C(=O)NCC(O)C2CCCCC2)c(C)c1. The summed E-state index contributed by atoms with van der Waals surface area (Å²) in [4.78, 5) is 24.1. The van der Waals surface area contributed by atoms with Gasteiger partial charge in [-0.1, -0.05) is 37.0 Å². The Morgan fingerprint density at radius 3 is 2.25 bits per heavy atom. The van der Waals surface area contributed by atoms with Crippen LogP contribution in [0.1, 0.15) is 48.8 Å². The van der Waals surface area contributed by atoms with Crippen LogP contribution in [0.3, 0.4) is 0 Å². The zero-order valence-corrected chi connectivity index (χ0v) is 14.8. The molecule has 3 N–H and O–H groups in total. The molecule has 1 atom stereocenters. The third kappa shape index (κ3) is 4.81. The van der Waals surface area contributed by atoms with Crippen molar-refractivity contribution in [2.24, 2.45) is 5.92 Å². The molecule has 5 heteroatoms. The van der Waals surface area contributed by atoms with E-state index in [1.54, 1.807) is 0 Å². The predicted molar refractivity (Wildman–Crippen MR) is 94.9 cm³/mol. The van der Waals surface area contributed by atoms with Crippen LogP contribution in [0, 0.1) is 26.7 Å². The molecule has 0 aliphatic heterocycles. The molecule has 1 aromatic rings. The number of amides is 2. The average molecular weight is 332 g/mol. The van der Waals surface area contributed by atoms with Crippen LogP contribution in [0.25, 0.3) is 0 Å². The van der Waals surface area contributed by atoms with Crippen LogP contribution >= 0.6 is 0 Å². The second-order valence-electron chi connectivity index (χ2n) is 6.90. The first-order valence-electron chi connectivity index (χ1n) is 8.73. The zero-order chi connectivity index (χ0) is 17.7. The minimum Gasteiger partial charge on any atom is -0.391 e. The Labute approximate surface area is 143 Å². The molecule has 2 amide bonds. The number of anilines is 1. The van der Waals surface area contributed by atoms with Crippen molar-refractivity contribution < 1.29 is 14.7 Å². The normalized spacial score (nSPS) is 16.5. The fourth-order valence-corrected chi connectivity index (χ4v) is 3.51. The molecule has 0 aromatic heterocycles. The summed E-state index contributed by atoms with van der Waals surface area (Å²) in [7, 11) is 0. The van der Waals surface area contributed by atoms with Gasteiger partial charge in [-0.25, -0.2) is 0 Å². The third-order valence-electron chi connectivity index (χ3n) is 4.79. The molecule has 2 rings (SSSR count). The van der Waals surface area contributed by atoms with E-state index >= 15 is 0 Å². The first-order chi connectivity index (χ1) is 11.4. The van der Waals surface area contributed by atoms with Crippen molar-refractivity contribution >= 4 is 17.5 Å². The van der Waals surface area contributed by atoms with Gasteiger partial charge in [0.25, 0.3) is 0 Å². The van der Waals surface area contributed by atoms with Crippen LogP contribution in [0.5, 0.6) is 0 Å². The van der Waals surface area contributed by atoms with Crippen molar-refractivity contribution in [2.45, 2.75) is 59.0 Å². The zero-order valence-electron chi connectivity index (χ0n) is 14.8. The molecule has 24 heavy (non-hydrogen) atoms. The van der Waals surface area contributed by atoms with Crippen LogP contribution in [0.2, 0.25) is 0 Å². The fraction of sp³-hybridized carbons (Fsp3) is 0.579. The number of nitrogens with one attached hydrogen (secondary N) is 2. The molecule has 1 unspecified atom stereocenters. The minimum atomic E-state index is -0.704. The molecular formula is C19H28N2O3. The van der Waals surface area contributed by atoms with E-state index in [0.29, 0.717) is 5.69 Å². The van der Waals surface area contributed by atoms with Crippen LogP contribution in [0.15, 0.2) is 12.1 Å². The number of aryl methyl sites for hydroxylation is 3. The predicted octanol–water partition coefficient (Wildman–Crippen LogP) is 2.61. The molecule has 0 radical (unpaired) electrons. The van der Waals surface area contributed by atoms with E-state index in [1.807, 2.05) is 32.9 Å². The second kappa shape index (κ2) is 8.29. The number of hydrogen-bond acceptors (Lipinski definition) is 3. The number of aliphatic hydroxyl groups excluding tert-OH is 1. The Morgan fingerprint density at radius 1 is 1.08 bits per heavy atom. The summed E-state index contributed by atoms with van der Waals surface area (Å²) < 4.78 is 0. The van der Waals surface area contributed by atoms with Gasteiger partial charge in [0.15, 0.2) is 0 Å². The topological polar surface area (TPSA) is 78.4 Å². The average Bonchev–Trinajstić information content (AvgIpc) is 2.56. The summed E-state index contributed by atoms with van der Waals surface area (Å²) in [6.45, 7) is 5.93. The Morgan fingerprint density at radius 2 is 1.67 bits per heavy atom. The van der Waals surface area contributed by atoms with E-state index in [4.69, 9.17) is 0 Å². The van der Waals surface area contributed by atoms with Gasteiger partial charge < -0.3 is 15.7 Å². The van der Waals surface area contributed by atoms with Gasteiger partial charge in [0, 0.05) is 12.2 Å². The maximum atomic E-state index is 12.1. The lowest BCUT2D eigenvalue weighted by Crippen LogP contribution is -2.42. The van der Waals surface area contributed by atoms with E-state index in [-0.39, 0.29) is 12.5 Å². The molecule has 0 heterocycles. The van der Waals surface area contributed by atoms with Crippen molar-refractivity contribution in [3.63, 3.8) is 0 Å². The molecule has 0 bridgehead atoms. The highest BCUT2D eigenvalue weighted by Crippen LogP contribution is 2.26. The molecule has 1 aromatic carbocycles. The number of carbonyl (C=O) groups is 2. The number of carbonyl (C=O) groups excluding carboxylic acids is 2. The molecule has 1 fully saturated rings. The summed E-state index contributed by atoms with van der Waals surface area (Å²) in [5.74, 6) is -1.17. The highest BCUT2D eigenvalue weighted by Gasteiger charge is 2.23. The maximum absolute atomic E-state index is 12.1. The molecule has 0 spiro atoms. The van der Waals surface area contributed by atoms with Crippen molar-refractivity contribution in [1.29, 1.82) is 0 Å². The van der Waals surface area contributed by atoms with Crippen molar-refractivity contribution in [3.8, 4) is 0 Å². The molecule has 132 valence electrons. The van der Waals surface area contributed by atoms with Crippen LogP contribution in [-0.4, -0.2) is 29.6 Å². The largest absolute Gasteiger partial charge is 0.391 e. The van der Waals surface area contributed by atoms with Crippen LogP contribution < -0.4 is 10.6 Å². The van der Waals surface area contributed by atoms with Gasteiger partial charge in [-0.15, -0.1) is 0 Å². The number of rotatable bonds is 4. The lowest BCUT2D eigenvalue weighted by Gasteiger charge is -2.26. The van der Waals surface area contributed by atoms with Gasteiger partial charge in [0.05, 0.1) is 6.10 Å². The highest BCUT2D eigenvalue weighted by atomic mass is 16.3. The smallest absolute Gasteiger partial charge is 0.313 e. The monoisotopic (exact) mass is 332 g/mol. The van der Waals surface area contributed by atoms with E-state index in [2.05, 4.69) is 10.6 Å². The first kappa shape index (κ1) is 18.5. The standard InChI is InChI=1S/C19H28N2O3/c1-12-9-13(2)17(14(3)10-12)21-19(24)18(23)20-11-16(22)15-7-5-4-6-8-15/h9-10,15-16,22H,4-8,11H2,1-3H3,(H,20,23)(H,21,24). The molecule has 5 nitrogen and oxygen atoms in total. The number of benzene rings is 1. The van der Waals surface area contributed by atoms with Gasteiger partial charge in [-0.3, -0.25) is 9.59 Å². The highest BCUT2D eigenvalue weighted by molar-refractivity contribution is 6.39. The molecule has 1 aliphatic carbocycles. The number of hydrogen-bond donors (Lipinski definition) is 3. The van der Waals surface area contributed by atoms with Gasteiger partial charge in [0.1, 0.15) is 0 Å². The molecule has 1 aliphatic rings.